The summed E-state index contributed by atoms with van der Waals surface area (Å²) in [5, 5.41) is 0. The predicted octanol–water partition coefficient (Wildman–Crippen LogP) is 14.9. The van der Waals surface area contributed by atoms with Crippen molar-refractivity contribution >= 4 is 0 Å². The van der Waals surface area contributed by atoms with Gasteiger partial charge in [-0.3, -0.25) is 0 Å². The van der Waals surface area contributed by atoms with Gasteiger partial charge in [-0.2, -0.15) is 0 Å². The standard InChI is InChI=1S/2C18H24N.C16H20N.C15H18N/c1-14-12-15(13-18(2,3)4)9-10-16(14)17-8-6-7-11-19(17)5;1-5-15(6-2)16-10-11-17(14(3)13-16)18-9-7-8-12-19(18)4;1-5-14-7-8-15(13(3)10-14)16-9-6-12(2)11-17(16)4;1-11-5-7-14(13(3)9-11)15-8-6-12(2)10-16(15)4/h6-12H,13H2,1-5H3;7-13,15H,5-6H2,1-4H3;6-11H,5H2,1-4H3;5-10H,1-4H3/q4*+1/i2D3,13D2;1D3,2D3,5D2,15D;2*1D3,2D3. The van der Waals surface area contributed by atoms with Crippen molar-refractivity contribution < 1.29 is 53.9 Å². The molecule has 0 amide bonds. The summed E-state index contributed by atoms with van der Waals surface area (Å²) < 4.78 is 207. The van der Waals surface area contributed by atoms with E-state index in [0.717, 1.165) is 67.3 Å². The number of aryl methyl sites for hydroxylation is 12. The molecule has 370 valence electrons. The molecule has 71 heavy (non-hydrogen) atoms. The second-order valence-corrected chi connectivity index (χ2v) is 18.2. The van der Waals surface area contributed by atoms with Gasteiger partial charge in [-0.15, -0.1) is 0 Å². The van der Waals surface area contributed by atoms with Crippen molar-refractivity contribution in [3.63, 3.8) is 0 Å². The molecule has 4 heteroatoms. The molecule has 0 fully saturated rings. The lowest BCUT2D eigenvalue weighted by molar-refractivity contribution is -0.660. The highest BCUT2D eigenvalue weighted by Gasteiger charge is 2.17. The van der Waals surface area contributed by atoms with Crippen LogP contribution in [0.15, 0.2) is 158 Å². The lowest BCUT2D eigenvalue weighted by atomic mass is 9.87. The van der Waals surface area contributed by atoms with Crippen LogP contribution in [0.4, 0.5) is 0 Å². The highest BCUT2D eigenvalue weighted by atomic mass is 14.9. The molecule has 4 aromatic heterocycles. The van der Waals surface area contributed by atoms with E-state index in [1.165, 1.54) is 26.0 Å². The van der Waals surface area contributed by atoms with Crippen molar-refractivity contribution in [3.05, 3.63) is 214 Å². The molecule has 4 heterocycles. The zero-order valence-corrected chi connectivity index (χ0v) is 42.7. The SMILES string of the molecule is [2H]C([2H])([2H])C(C)(C)C([2H])([2H])c1ccc(-c2cccc[n+]2C)c(C)c1.[2H]C([2H])([2H])CC([2H])(c1ccc(-c2cccc[n+]2C)c(C)c1)C([2H])([2H])C([2H])([2H])[2H].[2H]C([2H])([2H])Cc1ccc(-c2ccc(C([2H])([2H])[2H])c[n+]2C)c(C)c1.[2H]C([2H])([2H])c1ccc(-c2ccc(C([2H])([2H])[2H])c[n+]2C)c(C)c1. The van der Waals surface area contributed by atoms with Crippen LogP contribution < -0.4 is 18.3 Å². The van der Waals surface area contributed by atoms with E-state index >= 15 is 0 Å². The summed E-state index contributed by atoms with van der Waals surface area (Å²) in [4.78, 5) is 0. The first-order chi connectivity index (χ1) is 44.0. The Bertz CT molecular complexity index is 4000. The molecule has 0 aliphatic heterocycles. The van der Waals surface area contributed by atoms with E-state index in [2.05, 4.69) is 0 Å². The third-order valence-electron chi connectivity index (χ3n) is 11.8. The molecule has 0 aliphatic carbocycles. The summed E-state index contributed by atoms with van der Waals surface area (Å²) in [6.07, 6.45) is 1.12. The number of aromatic nitrogens is 4. The summed E-state index contributed by atoms with van der Waals surface area (Å²) >= 11 is 0. The maximum Gasteiger partial charge on any atom is 0.212 e. The lowest BCUT2D eigenvalue weighted by Crippen LogP contribution is -2.31. The molecule has 0 aliphatic rings. The van der Waals surface area contributed by atoms with Gasteiger partial charge in [0.2, 0.25) is 22.8 Å². The zero-order chi connectivity index (χ0) is 74.0. The largest absolute Gasteiger partial charge is 0.212 e. The number of rotatable bonds is 9. The van der Waals surface area contributed by atoms with Gasteiger partial charge in [0.25, 0.3) is 0 Å². The minimum atomic E-state index is -3.15. The molecule has 0 saturated heterocycles. The fourth-order valence-corrected chi connectivity index (χ4v) is 8.20. The van der Waals surface area contributed by atoms with Crippen molar-refractivity contribution in [2.45, 2.75) is 121 Å². The monoisotopic (exact) mass is 973 g/mol. The van der Waals surface area contributed by atoms with Crippen molar-refractivity contribution in [3.8, 4) is 45.0 Å². The molecule has 0 bridgehead atoms. The van der Waals surface area contributed by atoms with Crippen molar-refractivity contribution in [1.82, 2.24) is 0 Å². The van der Waals surface area contributed by atoms with E-state index in [9.17, 15) is 0 Å². The first kappa shape index (κ1) is 29.1. The highest BCUT2D eigenvalue weighted by molar-refractivity contribution is 5.64. The molecule has 4 nitrogen and oxygen atoms in total. The van der Waals surface area contributed by atoms with E-state index < -0.39 is 78.4 Å². The number of hydrogen-bond acceptors (Lipinski definition) is 0. The Morgan fingerprint density at radius 1 is 0.493 bits per heavy atom. The van der Waals surface area contributed by atoms with E-state index in [0.29, 0.717) is 22.3 Å². The Kier molecular flexibility index (Phi) is 10.5. The van der Waals surface area contributed by atoms with E-state index in [-0.39, 0.29) is 17.5 Å². The van der Waals surface area contributed by atoms with Crippen molar-refractivity contribution in [2.24, 2.45) is 33.6 Å². The van der Waals surface area contributed by atoms with Gasteiger partial charge in [0, 0.05) is 105 Å². The van der Waals surface area contributed by atoms with E-state index in [1.54, 1.807) is 103 Å². The second kappa shape index (κ2) is 25.6. The van der Waals surface area contributed by atoms with Crippen LogP contribution in [0.2, 0.25) is 0 Å². The van der Waals surface area contributed by atoms with Gasteiger partial charge in [-0.05, 0) is 173 Å². The molecule has 0 spiro atoms. The quantitative estimate of drug-likeness (QED) is 0.128. The molecule has 1 atom stereocenters. The van der Waals surface area contributed by atoms with Gasteiger partial charge in [0.1, 0.15) is 28.2 Å². The molecule has 8 aromatic rings. The van der Waals surface area contributed by atoms with Crippen LogP contribution >= 0.6 is 0 Å². The summed E-state index contributed by atoms with van der Waals surface area (Å²) in [6, 6.07) is 38.9. The molecule has 0 saturated carbocycles. The molecule has 0 radical (unpaired) electrons. The Morgan fingerprint density at radius 2 is 0.972 bits per heavy atom. The normalized spacial score (nSPS) is 18.8. The zero-order valence-electron chi connectivity index (χ0n) is 68.7. The van der Waals surface area contributed by atoms with Crippen LogP contribution in [0.25, 0.3) is 45.0 Å². The average molecular weight is 974 g/mol. The van der Waals surface area contributed by atoms with Crippen LogP contribution in [0, 0.1) is 53.7 Å². The Balaban J connectivity index is 0.000000235. The first-order valence-electron chi connectivity index (χ1n) is 36.3. The summed E-state index contributed by atoms with van der Waals surface area (Å²) in [6.45, 7) is -6.22. The van der Waals surface area contributed by atoms with Gasteiger partial charge in [0.15, 0.2) is 24.8 Å². The minimum absolute atomic E-state index is 0.0320. The maximum atomic E-state index is 8.69. The van der Waals surface area contributed by atoms with Crippen LogP contribution in [0.1, 0.15) is 151 Å². The fourth-order valence-electron chi connectivity index (χ4n) is 8.20. The molecule has 8 rings (SSSR count). The average Bonchev–Trinajstić information content (AvgIpc) is 0.745. The molecular weight excluding hydrogens is 861 g/mol. The number of hydrogen-bond donors (Lipinski definition) is 0. The third-order valence-corrected chi connectivity index (χ3v) is 11.8. The van der Waals surface area contributed by atoms with Crippen LogP contribution in [0.5, 0.6) is 0 Å². The summed E-state index contributed by atoms with van der Waals surface area (Å²) in [5.41, 5.74) is 11.3. The van der Waals surface area contributed by atoms with Gasteiger partial charge >= 0.3 is 0 Å². The van der Waals surface area contributed by atoms with Gasteiger partial charge in [-0.25, -0.2) is 18.3 Å². The Labute approximate surface area is 466 Å². The minimum Gasteiger partial charge on any atom is -0.201 e. The van der Waals surface area contributed by atoms with Crippen molar-refractivity contribution in [2.75, 3.05) is 0 Å². The lowest BCUT2D eigenvalue weighted by Gasteiger charge is -2.18. The van der Waals surface area contributed by atoms with E-state index in [4.69, 9.17) is 35.6 Å². The predicted molar refractivity (Wildman–Crippen MR) is 301 cm³/mol. The summed E-state index contributed by atoms with van der Waals surface area (Å²) in [7, 11) is 7.42. The first-order valence-corrected chi connectivity index (χ1v) is 23.3. The van der Waals surface area contributed by atoms with Gasteiger partial charge in [-0.1, -0.05) is 95.3 Å². The summed E-state index contributed by atoms with van der Waals surface area (Å²) in [5.74, 6) is -2.47. The Morgan fingerprint density at radius 3 is 1.42 bits per heavy atom. The van der Waals surface area contributed by atoms with Gasteiger partial charge in [0.05, 0.1) is 0 Å². The Hall–Kier alpha value is -6.52. The number of benzene rings is 4. The number of nitrogens with zero attached hydrogens (tertiary/aromatic N) is 4. The molecular formula is C67H86N4+4. The highest BCUT2D eigenvalue weighted by Crippen LogP contribution is 2.29. The van der Waals surface area contributed by atoms with Crippen molar-refractivity contribution in [1.29, 1.82) is 0 Å². The number of pyridine rings is 4. The van der Waals surface area contributed by atoms with E-state index in [1.807, 2.05) is 117 Å². The van der Waals surface area contributed by atoms with Gasteiger partial charge < -0.3 is 0 Å². The topological polar surface area (TPSA) is 15.5 Å². The molecule has 0 N–H and O–H groups in total. The smallest absolute Gasteiger partial charge is 0.201 e. The van der Waals surface area contributed by atoms with Crippen LogP contribution in [-0.2, 0) is 41.0 Å². The third kappa shape index (κ3) is 15.5. The fraction of sp³-hybridized carbons (Fsp3) is 0.343. The van der Waals surface area contributed by atoms with Crippen LogP contribution in [-0.4, -0.2) is 0 Å². The van der Waals surface area contributed by atoms with Crippen LogP contribution in [0.3, 0.4) is 0 Å². The maximum absolute atomic E-state index is 8.69. The molecule has 1 unspecified atom stereocenters. The molecule has 4 aromatic carbocycles. The second-order valence-electron chi connectivity index (χ2n) is 18.2.